The number of methoxy groups -OCH3 is 2. The van der Waals surface area contributed by atoms with Crippen molar-refractivity contribution in [1.29, 1.82) is 0 Å². The minimum atomic E-state index is -0.711. The summed E-state index contributed by atoms with van der Waals surface area (Å²) >= 11 is 0. The molecule has 4 fully saturated rings. The molecular formula is C49H59N9O8. The highest BCUT2D eigenvalue weighted by Gasteiger charge is 2.44. The van der Waals surface area contributed by atoms with Gasteiger partial charge < -0.3 is 49.3 Å². The number of fused-ring (bicyclic) bond motifs is 1. The van der Waals surface area contributed by atoms with E-state index in [9.17, 15) is 19.2 Å². The van der Waals surface area contributed by atoms with Crippen LogP contribution in [0.15, 0.2) is 67.0 Å². The summed E-state index contributed by atoms with van der Waals surface area (Å²) < 4.78 is 20.9. The van der Waals surface area contributed by atoms with E-state index in [0.29, 0.717) is 71.0 Å². The first-order valence-electron chi connectivity index (χ1n) is 23.1. The minimum absolute atomic E-state index is 0.0413. The number of carbonyl (C=O) groups is 4. The number of aromatic nitrogens is 5. The quantitative estimate of drug-likeness (QED) is 0.108. The molecule has 0 spiro atoms. The van der Waals surface area contributed by atoms with Crippen molar-refractivity contribution in [3.8, 4) is 33.8 Å². The van der Waals surface area contributed by atoms with Crippen molar-refractivity contribution in [1.82, 2.24) is 45.4 Å². The number of imidazole rings is 2. The van der Waals surface area contributed by atoms with Crippen LogP contribution in [0.3, 0.4) is 0 Å². The summed E-state index contributed by atoms with van der Waals surface area (Å²) in [6, 6.07) is 16.6. The lowest BCUT2D eigenvalue weighted by atomic mass is 9.90. The molecule has 348 valence electrons. The third kappa shape index (κ3) is 9.49. The first-order chi connectivity index (χ1) is 32.1. The normalized spacial score (nSPS) is 22.5. The Morgan fingerprint density at radius 2 is 1.14 bits per heavy atom. The number of amides is 4. The molecule has 17 heteroatoms. The highest BCUT2D eigenvalue weighted by molar-refractivity contribution is 5.88. The van der Waals surface area contributed by atoms with E-state index in [1.165, 1.54) is 14.2 Å². The number of ether oxygens (including phenoxy) is 4. The smallest absolute Gasteiger partial charge is 0.407 e. The maximum absolute atomic E-state index is 14.2. The number of pyridine rings is 1. The van der Waals surface area contributed by atoms with Crippen LogP contribution in [-0.2, 0) is 28.5 Å². The Labute approximate surface area is 383 Å². The summed E-state index contributed by atoms with van der Waals surface area (Å²) in [7, 11) is 2.62. The van der Waals surface area contributed by atoms with E-state index >= 15 is 0 Å². The fourth-order valence-corrected chi connectivity index (χ4v) is 10.3. The van der Waals surface area contributed by atoms with Gasteiger partial charge >= 0.3 is 12.2 Å². The van der Waals surface area contributed by atoms with Gasteiger partial charge in [-0.15, -0.1) is 0 Å². The van der Waals surface area contributed by atoms with Gasteiger partial charge in [0, 0.05) is 44.9 Å². The largest absolute Gasteiger partial charge is 0.453 e. The van der Waals surface area contributed by atoms with Crippen LogP contribution >= 0.6 is 0 Å². The van der Waals surface area contributed by atoms with Crippen LogP contribution in [0.5, 0.6) is 0 Å². The fourth-order valence-electron chi connectivity index (χ4n) is 10.3. The molecule has 66 heavy (non-hydrogen) atoms. The Balaban J connectivity index is 0.875. The maximum atomic E-state index is 14.2. The topological polar surface area (TPSA) is 206 Å². The van der Waals surface area contributed by atoms with Gasteiger partial charge in [-0.1, -0.05) is 50.2 Å². The van der Waals surface area contributed by atoms with Gasteiger partial charge in [0.25, 0.3) is 0 Å². The van der Waals surface area contributed by atoms with Gasteiger partial charge in [-0.3, -0.25) is 9.59 Å². The number of likely N-dealkylation sites (tertiary alicyclic amines) is 2. The Morgan fingerprint density at radius 3 is 1.67 bits per heavy atom. The lowest BCUT2D eigenvalue weighted by molar-refractivity contribution is -0.137. The molecule has 0 radical (unpaired) electrons. The lowest BCUT2D eigenvalue weighted by Crippen LogP contribution is -2.53. The summed E-state index contributed by atoms with van der Waals surface area (Å²) in [5.74, 6) is 1.58. The molecule has 4 aliphatic rings. The van der Waals surface area contributed by atoms with E-state index in [2.05, 4.69) is 76.9 Å². The predicted octanol–water partition coefficient (Wildman–Crippen LogP) is 6.80. The van der Waals surface area contributed by atoms with E-state index in [-0.39, 0.29) is 47.6 Å². The molecule has 3 aromatic heterocycles. The van der Waals surface area contributed by atoms with Crippen molar-refractivity contribution in [2.75, 3.05) is 53.7 Å². The molecule has 4 saturated heterocycles. The van der Waals surface area contributed by atoms with E-state index in [0.717, 1.165) is 63.3 Å². The summed E-state index contributed by atoms with van der Waals surface area (Å²) in [5.41, 5.74) is 6.25. The zero-order valence-corrected chi connectivity index (χ0v) is 38.0. The highest BCUT2D eigenvalue weighted by Crippen LogP contribution is 2.39. The van der Waals surface area contributed by atoms with E-state index in [1.54, 1.807) is 6.20 Å². The summed E-state index contributed by atoms with van der Waals surface area (Å²) in [5, 5.41) is 6.64. The number of alkyl carbamates (subject to hydrolysis) is 2. The second-order valence-electron chi connectivity index (χ2n) is 18.4. The van der Waals surface area contributed by atoms with Crippen molar-refractivity contribution in [2.24, 2.45) is 23.7 Å². The number of carbonyl (C=O) groups excluding carboxylic acids is 4. The van der Waals surface area contributed by atoms with Crippen molar-refractivity contribution in [3.05, 3.63) is 78.6 Å². The number of nitrogens with one attached hydrogen (secondary N) is 4. The summed E-state index contributed by atoms with van der Waals surface area (Å²) in [6.07, 6.45) is 6.58. The van der Waals surface area contributed by atoms with Crippen LogP contribution in [0.1, 0.15) is 76.1 Å². The molecule has 7 heterocycles. The third-order valence-electron chi connectivity index (χ3n) is 13.8. The van der Waals surface area contributed by atoms with Gasteiger partial charge in [0.2, 0.25) is 11.8 Å². The van der Waals surface area contributed by atoms with E-state index in [1.807, 2.05) is 28.1 Å². The van der Waals surface area contributed by atoms with Crippen molar-refractivity contribution < 1.29 is 38.1 Å². The summed E-state index contributed by atoms with van der Waals surface area (Å²) in [6.45, 7) is 7.59. The number of nitrogens with zero attached hydrogens (tertiary/aromatic N) is 5. The summed E-state index contributed by atoms with van der Waals surface area (Å²) in [4.78, 5) is 78.2. The Morgan fingerprint density at radius 1 is 0.652 bits per heavy atom. The maximum Gasteiger partial charge on any atom is 0.407 e. The lowest BCUT2D eigenvalue weighted by Gasteiger charge is -2.34. The van der Waals surface area contributed by atoms with Crippen LogP contribution in [0.2, 0.25) is 0 Å². The Bertz CT molecular complexity index is 2530. The monoisotopic (exact) mass is 901 g/mol. The van der Waals surface area contributed by atoms with Gasteiger partial charge in [-0.05, 0) is 97.1 Å². The molecule has 0 unspecified atom stereocenters. The molecule has 0 saturated carbocycles. The number of aromatic amines is 2. The van der Waals surface area contributed by atoms with Crippen molar-refractivity contribution >= 4 is 34.9 Å². The second kappa shape index (κ2) is 19.6. The SMILES string of the molecule is COC(=O)N[C@H](C(=O)N1C[C@@H](C)C[C@H]1c1ncc(-c2ccc(-c3ccc4nc(-c5cnc([C@@H]6C[C@H](C)CN6C(=O)[C@@H](NC(=O)OC)C6CCOCC6)[nH]5)ccc4c3)cc2)[nH]1)C1CCOCC1. The van der Waals surface area contributed by atoms with Crippen molar-refractivity contribution in [3.63, 3.8) is 0 Å². The molecule has 0 aliphatic carbocycles. The zero-order chi connectivity index (χ0) is 45.9. The van der Waals surface area contributed by atoms with Gasteiger partial charge in [-0.25, -0.2) is 24.5 Å². The molecule has 9 rings (SSSR count). The molecule has 4 N–H and O–H groups in total. The van der Waals surface area contributed by atoms with Gasteiger partial charge in [0.1, 0.15) is 23.7 Å². The van der Waals surface area contributed by atoms with Crippen LogP contribution in [0.25, 0.3) is 44.7 Å². The molecule has 17 nitrogen and oxygen atoms in total. The number of hydrogen-bond acceptors (Lipinski definition) is 11. The molecule has 6 atom stereocenters. The number of benzene rings is 2. The van der Waals surface area contributed by atoms with E-state index in [4.69, 9.17) is 33.9 Å². The Kier molecular flexibility index (Phi) is 13.3. The second-order valence-corrected chi connectivity index (χ2v) is 18.4. The average Bonchev–Trinajstić information content (AvgIpc) is 4.19. The average molecular weight is 902 g/mol. The van der Waals surface area contributed by atoms with Crippen LogP contribution < -0.4 is 10.6 Å². The highest BCUT2D eigenvalue weighted by atomic mass is 16.5. The first-order valence-corrected chi connectivity index (χ1v) is 23.1. The van der Waals surface area contributed by atoms with Gasteiger partial charge in [-0.2, -0.15) is 0 Å². The number of H-pyrrole nitrogens is 2. The molecule has 4 amide bonds. The van der Waals surface area contributed by atoms with Crippen LogP contribution in [0, 0.1) is 23.7 Å². The Hall–Kier alpha value is -6.33. The predicted molar refractivity (Wildman–Crippen MR) is 245 cm³/mol. The molecule has 0 bridgehead atoms. The molecular weight excluding hydrogens is 843 g/mol. The first kappa shape index (κ1) is 44.9. The fraction of sp³-hybridized carbons (Fsp3) is 0.490. The zero-order valence-electron chi connectivity index (χ0n) is 38.0. The molecule has 5 aromatic rings. The van der Waals surface area contributed by atoms with Gasteiger partial charge in [0.15, 0.2) is 0 Å². The van der Waals surface area contributed by atoms with Crippen molar-refractivity contribution in [2.45, 2.75) is 76.5 Å². The number of hydrogen-bond donors (Lipinski definition) is 4. The number of rotatable bonds is 11. The molecule has 2 aromatic carbocycles. The van der Waals surface area contributed by atoms with Gasteiger partial charge in [0.05, 0.1) is 61.3 Å². The van der Waals surface area contributed by atoms with E-state index < -0.39 is 24.3 Å². The minimum Gasteiger partial charge on any atom is -0.453 e. The van der Waals surface area contributed by atoms with Crippen LogP contribution in [0.4, 0.5) is 9.59 Å². The molecule has 4 aliphatic heterocycles. The van der Waals surface area contributed by atoms with Crippen LogP contribution in [-0.4, -0.2) is 125 Å². The standard InChI is InChI=1S/C49H59N9O8/c1-28-21-40(57(26-28)46(59)42(55-48(61)63-3)32-13-17-65-18-14-32)44-50-24-38(53-44)31-7-5-30(6-8-31)34-9-11-36-35(23-34)10-12-37(52-36)39-25-51-45(54-39)41-22-29(2)27-58(41)47(60)43(56-49(62)64-4)33-15-19-66-20-16-33/h5-12,23-25,28-29,32-33,40-43H,13-22,26-27H2,1-4H3,(H,50,53)(H,51,54)(H,55,61)(H,56,62)/t28-,29-,40-,41-,42-,43-/m0/s1. The third-order valence-corrected chi connectivity index (χ3v) is 13.8.